The summed E-state index contributed by atoms with van der Waals surface area (Å²) >= 11 is 0. The first-order valence-corrected chi connectivity index (χ1v) is 11.5. The maximum atomic E-state index is 12.6. The molecule has 0 bridgehead atoms. The van der Waals surface area contributed by atoms with E-state index in [2.05, 4.69) is 10.6 Å². The number of piperidine rings is 1. The molecule has 2 aromatic rings. The molecule has 7 heteroatoms. The Labute approximate surface area is 196 Å². The van der Waals surface area contributed by atoms with E-state index in [9.17, 15) is 9.59 Å². The largest absolute Gasteiger partial charge is 0.445 e. The fraction of sp³-hybridized carbons (Fsp3) is 0.462. The highest BCUT2D eigenvalue weighted by Crippen LogP contribution is 2.17. The molecule has 2 aromatic carbocycles. The molecule has 1 heterocycles. The van der Waals surface area contributed by atoms with Crippen LogP contribution in [0.5, 0.6) is 0 Å². The van der Waals surface area contributed by atoms with Crippen LogP contribution in [0.4, 0.5) is 9.59 Å². The van der Waals surface area contributed by atoms with Gasteiger partial charge in [-0.05, 0) is 44.7 Å². The van der Waals surface area contributed by atoms with Gasteiger partial charge in [0.15, 0.2) is 0 Å². The monoisotopic (exact) mass is 453 g/mol. The number of rotatable bonds is 7. The van der Waals surface area contributed by atoms with Gasteiger partial charge >= 0.3 is 12.2 Å². The molecule has 1 unspecified atom stereocenters. The quantitative estimate of drug-likeness (QED) is 0.638. The van der Waals surface area contributed by atoms with Crippen molar-refractivity contribution in [3.05, 3.63) is 71.8 Å². The van der Waals surface area contributed by atoms with E-state index in [1.165, 1.54) is 0 Å². The van der Waals surface area contributed by atoms with Crippen molar-refractivity contribution in [2.75, 3.05) is 19.6 Å². The van der Waals surface area contributed by atoms with E-state index >= 15 is 0 Å². The summed E-state index contributed by atoms with van der Waals surface area (Å²) in [5, 5.41) is 6.50. The molecule has 0 radical (unpaired) electrons. The van der Waals surface area contributed by atoms with Gasteiger partial charge < -0.3 is 25.0 Å². The second-order valence-corrected chi connectivity index (χ2v) is 9.34. The molecule has 1 saturated heterocycles. The molecule has 0 spiro atoms. The number of alkyl carbamates (subject to hydrolysis) is 1. The number of carbonyl (C=O) groups is 2. The van der Waals surface area contributed by atoms with Crippen LogP contribution in [0.15, 0.2) is 60.7 Å². The first-order valence-electron chi connectivity index (χ1n) is 11.5. The third-order valence-corrected chi connectivity index (χ3v) is 5.39. The first-order chi connectivity index (χ1) is 15.8. The molecule has 0 aromatic heterocycles. The molecule has 1 aliphatic heterocycles. The standard InChI is InChI=1S/C26H35N3O4/c1-26(2,3)33-24(30)28-23(21-13-8-5-9-14-21)17-27-22-15-10-16-29(18-22)25(31)32-19-20-11-6-4-7-12-20/h4-9,11-14,22-23,27H,10,15-19H2,1-3H3,(H,28,30)/t22-,23?/m0/s1. The first kappa shape index (κ1) is 24.6. The maximum Gasteiger partial charge on any atom is 0.410 e. The Bertz CT molecular complexity index is 883. The molecular formula is C26H35N3O4. The van der Waals surface area contributed by atoms with E-state index in [0.717, 1.165) is 24.0 Å². The summed E-state index contributed by atoms with van der Waals surface area (Å²) in [5.74, 6) is 0. The minimum absolute atomic E-state index is 0.120. The second kappa shape index (κ2) is 11.7. The third kappa shape index (κ3) is 8.42. The van der Waals surface area contributed by atoms with Crippen molar-refractivity contribution in [2.45, 2.75) is 57.9 Å². The summed E-state index contributed by atoms with van der Waals surface area (Å²) in [4.78, 5) is 26.7. The zero-order chi connectivity index (χ0) is 23.7. The van der Waals surface area contributed by atoms with Gasteiger partial charge in [-0.3, -0.25) is 0 Å². The summed E-state index contributed by atoms with van der Waals surface area (Å²) in [6, 6.07) is 19.4. The van der Waals surface area contributed by atoms with Crippen molar-refractivity contribution in [1.82, 2.24) is 15.5 Å². The summed E-state index contributed by atoms with van der Waals surface area (Å²) < 4.78 is 10.9. The van der Waals surface area contributed by atoms with Crippen molar-refractivity contribution in [3.8, 4) is 0 Å². The van der Waals surface area contributed by atoms with E-state index in [-0.39, 0.29) is 24.8 Å². The normalized spacial score (nSPS) is 17.2. The number of nitrogens with zero attached hydrogens (tertiary/aromatic N) is 1. The lowest BCUT2D eigenvalue weighted by Crippen LogP contribution is -2.50. The van der Waals surface area contributed by atoms with Crippen LogP contribution in [-0.2, 0) is 16.1 Å². The zero-order valence-electron chi connectivity index (χ0n) is 19.8. The number of hydrogen-bond donors (Lipinski definition) is 2. The zero-order valence-corrected chi connectivity index (χ0v) is 19.8. The van der Waals surface area contributed by atoms with Gasteiger partial charge in [-0.1, -0.05) is 60.7 Å². The number of hydrogen-bond acceptors (Lipinski definition) is 5. The van der Waals surface area contributed by atoms with Gasteiger partial charge in [0.05, 0.1) is 6.04 Å². The molecule has 0 saturated carbocycles. The van der Waals surface area contributed by atoms with Gasteiger partial charge in [0, 0.05) is 25.7 Å². The molecule has 7 nitrogen and oxygen atoms in total. The van der Waals surface area contributed by atoms with Crippen molar-refractivity contribution >= 4 is 12.2 Å². The van der Waals surface area contributed by atoms with Crippen LogP contribution in [0.3, 0.4) is 0 Å². The Kier molecular flexibility index (Phi) is 8.72. The van der Waals surface area contributed by atoms with Gasteiger partial charge in [-0.25, -0.2) is 9.59 Å². The summed E-state index contributed by atoms with van der Waals surface area (Å²) in [6.45, 7) is 7.58. The van der Waals surface area contributed by atoms with Gasteiger partial charge in [0.1, 0.15) is 12.2 Å². The Balaban J connectivity index is 1.53. The summed E-state index contributed by atoms with van der Waals surface area (Å²) in [7, 11) is 0. The predicted molar refractivity (Wildman–Crippen MR) is 128 cm³/mol. The van der Waals surface area contributed by atoms with E-state index in [1.807, 2.05) is 81.4 Å². The highest BCUT2D eigenvalue weighted by atomic mass is 16.6. The fourth-order valence-electron chi connectivity index (χ4n) is 3.79. The van der Waals surface area contributed by atoms with E-state index in [1.54, 1.807) is 4.90 Å². The van der Waals surface area contributed by atoms with Gasteiger partial charge in [0.2, 0.25) is 0 Å². The van der Waals surface area contributed by atoms with Crippen molar-refractivity contribution < 1.29 is 19.1 Å². The predicted octanol–water partition coefficient (Wildman–Crippen LogP) is 4.64. The minimum atomic E-state index is -0.567. The topological polar surface area (TPSA) is 79.9 Å². The molecular weight excluding hydrogens is 418 g/mol. The van der Waals surface area contributed by atoms with Crippen molar-refractivity contribution in [2.24, 2.45) is 0 Å². The number of nitrogens with one attached hydrogen (secondary N) is 2. The third-order valence-electron chi connectivity index (χ3n) is 5.39. The molecule has 3 rings (SSSR count). The fourth-order valence-corrected chi connectivity index (χ4v) is 3.79. The lowest BCUT2D eigenvalue weighted by atomic mass is 10.0. The highest BCUT2D eigenvalue weighted by Gasteiger charge is 2.26. The number of ether oxygens (including phenoxy) is 2. The average molecular weight is 454 g/mol. The van der Waals surface area contributed by atoms with Crippen molar-refractivity contribution in [3.63, 3.8) is 0 Å². The van der Waals surface area contributed by atoms with Crippen LogP contribution in [0.25, 0.3) is 0 Å². The highest BCUT2D eigenvalue weighted by molar-refractivity contribution is 5.68. The van der Waals surface area contributed by atoms with Gasteiger partial charge in [0.25, 0.3) is 0 Å². The van der Waals surface area contributed by atoms with E-state index in [4.69, 9.17) is 9.47 Å². The molecule has 2 amide bonds. The van der Waals surface area contributed by atoms with Crippen LogP contribution in [-0.4, -0.2) is 48.4 Å². The SMILES string of the molecule is CC(C)(C)OC(=O)NC(CN[C@H]1CCCN(C(=O)OCc2ccccc2)C1)c1ccccc1. The molecule has 1 fully saturated rings. The Hall–Kier alpha value is -3.06. The van der Waals surface area contributed by atoms with Gasteiger partial charge in [-0.2, -0.15) is 0 Å². The number of benzene rings is 2. The van der Waals surface area contributed by atoms with Gasteiger partial charge in [-0.15, -0.1) is 0 Å². The van der Waals surface area contributed by atoms with Crippen LogP contribution in [0.2, 0.25) is 0 Å². The molecule has 0 aliphatic carbocycles. The molecule has 2 atom stereocenters. The van der Waals surface area contributed by atoms with Crippen molar-refractivity contribution in [1.29, 1.82) is 0 Å². The second-order valence-electron chi connectivity index (χ2n) is 9.34. The van der Waals surface area contributed by atoms with E-state index in [0.29, 0.717) is 19.6 Å². The van der Waals surface area contributed by atoms with Crippen LogP contribution < -0.4 is 10.6 Å². The number of amides is 2. The molecule has 33 heavy (non-hydrogen) atoms. The Morgan fingerprint density at radius 2 is 1.73 bits per heavy atom. The Morgan fingerprint density at radius 1 is 1.06 bits per heavy atom. The summed E-state index contributed by atoms with van der Waals surface area (Å²) in [5.41, 5.74) is 1.39. The van der Waals surface area contributed by atoms with Crippen LogP contribution in [0, 0.1) is 0 Å². The Morgan fingerprint density at radius 3 is 2.39 bits per heavy atom. The lowest BCUT2D eigenvalue weighted by molar-refractivity contribution is 0.0501. The minimum Gasteiger partial charge on any atom is -0.445 e. The van der Waals surface area contributed by atoms with E-state index < -0.39 is 11.7 Å². The lowest BCUT2D eigenvalue weighted by Gasteiger charge is -2.33. The average Bonchev–Trinajstić information content (AvgIpc) is 2.80. The maximum absolute atomic E-state index is 12.6. The number of likely N-dealkylation sites (tertiary alicyclic amines) is 1. The smallest absolute Gasteiger partial charge is 0.410 e. The molecule has 2 N–H and O–H groups in total. The van der Waals surface area contributed by atoms with Crippen LogP contribution >= 0.6 is 0 Å². The summed E-state index contributed by atoms with van der Waals surface area (Å²) in [6.07, 6.45) is 1.11. The molecule has 178 valence electrons. The van der Waals surface area contributed by atoms with Crippen LogP contribution in [0.1, 0.15) is 50.8 Å². The molecule has 1 aliphatic rings. The number of carbonyl (C=O) groups excluding carboxylic acids is 2.